The van der Waals surface area contributed by atoms with Gasteiger partial charge in [-0.15, -0.1) is 11.3 Å². The summed E-state index contributed by atoms with van der Waals surface area (Å²) in [4.78, 5) is 24.4. The van der Waals surface area contributed by atoms with E-state index in [1.165, 1.54) is 11.8 Å². The summed E-state index contributed by atoms with van der Waals surface area (Å²) in [6, 6.07) is 9.36. The van der Waals surface area contributed by atoms with Gasteiger partial charge in [-0.2, -0.15) is 0 Å². The first kappa shape index (κ1) is 21.4. The second-order valence-electron chi connectivity index (χ2n) is 7.01. The van der Waals surface area contributed by atoms with Crippen molar-refractivity contribution >= 4 is 63.2 Å². The zero-order valence-electron chi connectivity index (χ0n) is 16.3. The molecule has 156 valence electrons. The summed E-state index contributed by atoms with van der Waals surface area (Å²) >= 11 is 15.6. The molecule has 0 spiro atoms. The molecule has 0 unspecified atom stereocenters. The first-order valence-corrected chi connectivity index (χ1v) is 12.0. The molecule has 0 radical (unpaired) electrons. The molecule has 0 aliphatic carbocycles. The van der Waals surface area contributed by atoms with Gasteiger partial charge in [-0.05, 0) is 37.1 Å². The molecule has 1 N–H and O–H groups in total. The van der Waals surface area contributed by atoms with E-state index in [0.29, 0.717) is 16.0 Å². The number of anilines is 2. The Bertz CT molecular complexity index is 1030. The molecule has 1 aliphatic rings. The van der Waals surface area contributed by atoms with Crippen LogP contribution in [0.25, 0.3) is 0 Å². The standard InChI is InChI=1S/C21H20Cl2N4OS2/c1-13(28)27-9-6-14(7-10-27)18-12-29-21(25-18)26-19-11-15(5-8-24-19)30-20-16(22)3-2-4-17(20)23/h2-5,8,11-12,14H,6-7,9-10H2,1H3,(H,24,25,26). The van der Waals surface area contributed by atoms with Gasteiger partial charge in [0.2, 0.25) is 5.91 Å². The predicted octanol–water partition coefficient (Wildman–Crippen LogP) is 6.47. The van der Waals surface area contributed by atoms with Crippen LogP contribution in [0.2, 0.25) is 10.0 Å². The van der Waals surface area contributed by atoms with Crippen molar-refractivity contribution in [3.63, 3.8) is 0 Å². The van der Waals surface area contributed by atoms with Gasteiger partial charge in [-0.1, -0.05) is 41.0 Å². The molecule has 3 aromatic rings. The zero-order chi connectivity index (χ0) is 21.1. The van der Waals surface area contributed by atoms with Crippen molar-refractivity contribution in [1.29, 1.82) is 0 Å². The van der Waals surface area contributed by atoms with Crippen molar-refractivity contribution in [2.45, 2.75) is 35.5 Å². The minimum atomic E-state index is 0.149. The van der Waals surface area contributed by atoms with Crippen molar-refractivity contribution in [2.24, 2.45) is 0 Å². The summed E-state index contributed by atoms with van der Waals surface area (Å²) in [5.74, 6) is 1.26. The monoisotopic (exact) mass is 478 g/mol. The number of hydrogen-bond acceptors (Lipinski definition) is 6. The molecule has 0 atom stereocenters. The van der Waals surface area contributed by atoms with Gasteiger partial charge < -0.3 is 10.2 Å². The number of piperidine rings is 1. The number of aromatic nitrogens is 2. The van der Waals surface area contributed by atoms with Gasteiger partial charge in [0, 0.05) is 47.3 Å². The van der Waals surface area contributed by atoms with Crippen molar-refractivity contribution < 1.29 is 4.79 Å². The number of rotatable bonds is 5. The Morgan fingerprint density at radius 3 is 2.67 bits per heavy atom. The average molecular weight is 479 g/mol. The molecule has 9 heteroatoms. The van der Waals surface area contributed by atoms with Crippen LogP contribution in [-0.4, -0.2) is 33.9 Å². The third kappa shape index (κ3) is 5.09. The Labute approximate surface area is 193 Å². The fourth-order valence-electron chi connectivity index (χ4n) is 3.37. The Hall–Kier alpha value is -1.80. The number of hydrogen-bond donors (Lipinski definition) is 1. The maximum Gasteiger partial charge on any atom is 0.219 e. The molecule has 1 fully saturated rings. The summed E-state index contributed by atoms with van der Waals surface area (Å²) < 4.78 is 0. The fourth-order valence-corrected chi connectivity index (χ4v) is 5.67. The van der Waals surface area contributed by atoms with E-state index in [-0.39, 0.29) is 5.91 Å². The highest BCUT2D eigenvalue weighted by Gasteiger charge is 2.23. The Morgan fingerprint density at radius 2 is 1.97 bits per heavy atom. The molecule has 1 amide bonds. The number of pyridine rings is 1. The average Bonchev–Trinajstić information content (AvgIpc) is 3.20. The van der Waals surface area contributed by atoms with Crippen LogP contribution in [-0.2, 0) is 4.79 Å². The van der Waals surface area contributed by atoms with E-state index in [2.05, 4.69) is 15.7 Å². The van der Waals surface area contributed by atoms with Crippen LogP contribution in [0.5, 0.6) is 0 Å². The van der Waals surface area contributed by atoms with Gasteiger partial charge >= 0.3 is 0 Å². The first-order valence-electron chi connectivity index (χ1n) is 9.55. The molecule has 3 heterocycles. The van der Waals surface area contributed by atoms with Gasteiger partial charge in [-0.3, -0.25) is 4.79 Å². The molecule has 1 saturated heterocycles. The predicted molar refractivity (Wildman–Crippen MR) is 124 cm³/mol. The Kier molecular flexibility index (Phi) is 6.83. The summed E-state index contributed by atoms with van der Waals surface area (Å²) in [6.45, 7) is 3.22. The molecule has 2 aromatic heterocycles. The second-order valence-corrected chi connectivity index (χ2v) is 9.77. The largest absolute Gasteiger partial charge is 0.343 e. The minimum Gasteiger partial charge on any atom is -0.343 e. The number of benzene rings is 1. The van der Waals surface area contributed by atoms with E-state index >= 15 is 0 Å². The Balaban J connectivity index is 1.42. The molecule has 4 rings (SSSR count). The molecule has 1 aliphatic heterocycles. The van der Waals surface area contributed by atoms with Crippen LogP contribution < -0.4 is 5.32 Å². The number of likely N-dealkylation sites (tertiary alicyclic amines) is 1. The number of halogens is 2. The lowest BCUT2D eigenvalue weighted by atomic mass is 9.94. The lowest BCUT2D eigenvalue weighted by Crippen LogP contribution is -2.36. The highest BCUT2D eigenvalue weighted by Crippen LogP contribution is 2.39. The van der Waals surface area contributed by atoms with Gasteiger partial charge in [0.1, 0.15) is 5.82 Å². The van der Waals surface area contributed by atoms with E-state index < -0.39 is 0 Å². The van der Waals surface area contributed by atoms with Gasteiger partial charge in [-0.25, -0.2) is 9.97 Å². The first-order chi connectivity index (χ1) is 14.5. The van der Waals surface area contributed by atoms with Crippen molar-refractivity contribution in [1.82, 2.24) is 14.9 Å². The lowest BCUT2D eigenvalue weighted by Gasteiger charge is -2.30. The van der Waals surface area contributed by atoms with Crippen LogP contribution >= 0.6 is 46.3 Å². The van der Waals surface area contributed by atoms with Crippen LogP contribution in [0.3, 0.4) is 0 Å². The van der Waals surface area contributed by atoms with Crippen molar-refractivity contribution in [3.05, 3.63) is 57.6 Å². The lowest BCUT2D eigenvalue weighted by molar-refractivity contribution is -0.129. The van der Waals surface area contributed by atoms with Gasteiger partial charge in [0.15, 0.2) is 5.13 Å². The van der Waals surface area contributed by atoms with Crippen LogP contribution in [0.1, 0.15) is 31.4 Å². The van der Waals surface area contributed by atoms with E-state index in [1.807, 2.05) is 35.2 Å². The van der Waals surface area contributed by atoms with Gasteiger partial charge in [0.05, 0.1) is 15.7 Å². The maximum atomic E-state index is 11.5. The molecular weight excluding hydrogens is 459 g/mol. The third-order valence-corrected chi connectivity index (χ3v) is 7.75. The summed E-state index contributed by atoms with van der Waals surface area (Å²) in [5, 5.41) is 7.45. The molecule has 30 heavy (non-hydrogen) atoms. The molecule has 0 saturated carbocycles. The number of carbonyl (C=O) groups excluding carboxylic acids is 1. The SMILES string of the molecule is CC(=O)N1CCC(c2csc(Nc3cc(Sc4c(Cl)cccc4Cl)ccn3)n2)CC1. The van der Waals surface area contributed by atoms with Crippen LogP contribution in [0, 0.1) is 0 Å². The van der Waals surface area contributed by atoms with Crippen LogP contribution in [0.4, 0.5) is 10.9 Å². The van der Waals surface area contributed by atoms with E-state index in [1.54, 1.807) is 24.5 Å². The number of nitrogens with one attached hydrogen (secondary N) is 1. The topological polar surface area (TPSA) is 58.1 Å². The van der Waals surface area contributed by atoms with E-state index in [9.17, 15) is 4.79 Å². The normalized spacial score (nSPS) is 14.7. The maximum absolute atomic E-state index is 11.5. The highest BCUT2D eigenvalue weighted by molar-refractivity contribution is 7.99. The number of nitrogens with zero attached hydrogens (tertiary/aromatic N) is 3. The molecule has 5 nitrogen and oxygen atoms in total. The smallest absolute Gasteiger partial charge is 0.219 e. The number of amides is 1. The van der Waals surface area contributed by atoms with E-state index in [4.69, 9.17) is 28.2 Å². The minimum absolute atomic E-state index is 0.149. The highest BCUT2D eigenvalue weighted by atomic mass is 35.5. The van der Waals surface area contributed by atoms with Crippen LogP contribution in [0.15, 0.2) is 51.7 Å². The summed E-state index contributed by atoms with van der Waals surface area (Å²) in [7, 11) is 0. The van der Waals surface area contributed by atoms with Crippen molar-refractivity contribution in [3.8, 4) is 0 Å². The summed E-state index contributed by atoms with van der Waals surface area (Å²) in [6.07, 6.45) is 3.65. The van der Waals surface area contributed by atoms with Gasteiger partial charge in [0.25, 0.3) is 0 Å². The molecule has 0 bridgehead atoms. The Morgan fingerprint density at radius 1 is 1.23 bits per heavy atom. The molecule has 1 aromatic carbocycles. The molecular formula is C21H20Cl2N4OS2. The van der Waals surface area contributed by atoms with Crippen molar-refractivity contribution in [2.75, 3.05) is 18.4 Å². The third-order valence-electron chi connectivity index (χ3n) is 4.99. The quantitative estimate of drug-likeness (QED) is 0.455. The summed E-state index contributed by atoms with van der Waals surface area (Å²) in [5.41, 5.74) is 1.08. The number of thiazole rings is 1. The zero-order valence-corrected chi connectivity index (χ0v) is 19.4. The van der Waals surface area contributed by atoms with E-state index in [0.717, 1.165) is 52.4 Å². The second kappa shape index (κ2) is 9.56. The fraction of sp³-hybridized carbons (Fsp3) is 0.286. The number of carbonyl (C=O) groups is 1.